The van der Waals surface area contributed by atoms with Crippen molar-refractivity contribution in [3.63, 3.8) is 0 Å². The number of amides is 1. The van der Waals surface area contributed by atoms with Crippen LogP contribution in [0.15, 0.2) is 29.2 Å². The molecule has 1 amide bonds. The van der Waals surface area contributed by atoms with Gasteiger partial charge in [0.2, 0.25) is 15.9 Å². The van der Waals surface area contributed by atoms with Gasteiger partial charge < -0.3 is 5.32 Å². The predicted molar refractivity (Wildman–Crippen MR) is 70.9 cm³/mol. The van der Waals surface area contributed by atoms with Crippen LogP contribution in [0.5, 0.6) is 0 Å². The lowest BCUT2D eigenvalue weighted by molar-refractivity contribution is -0.114. The zero-order chi connectivity index (χ0) is 13.8. The van der Waals surface area contributed by atoms with Gasteiger partial charge in [-0.3, -0.25) is 4.79 Å². The van der Waals surface area contributed by atoms with Gasteiger partial charge in [-0.25, -0.2) is 8.42 Å². The number of hydrogen-bond donors (Lipinski definition) is 1. The van der Waals surface area contributed by atoms with E-state index < -0.39 is 10.0 Å². The van der Waals surface area contributed by atoms with E-state index in [-0.39, 0.29) is 10.8 Å². The van der Waals surface area contributed by atoms with Crippen molar-refractivity contribution in [1.29, 1.82) is 0 Å². The highest BCUT2D eigenvalue weighted by atomic mass is 32.2. The first-order valence-corrected chi connectivity index (χ1v) is 7.23. The Balaban J connectivity index is 3.13. The average molecular weight is 270 g/mol. The molecule has 1 aromatic rings. The predicted octanol–water partition coefficient (Wildman–Crippen LogP) is 1.68. The van der Waals surface area contributed by atoms with Gasteiger partial charge in [0.1, 0.15) is 0 Å². The third-order valence-corrected chi connectivity index (χ3v) is 4.54. The van der Waals surface area contributed by atoms with Crippen molar-refractivity contribution in [2.75, 3.05) is 18.4 Å². The molecule has 18 heavy (non-hydrogen) atoms. The summed E-state index contributed by atoms with van der Waals surface area (Å²) in [5, 5.41) is 2.57. The molecular weight excluding hydrogens is 252 g/mol. The van der Waals surface area contributed by atoms with E-state index in [0.717, 1.165) is 0 Å². The Morgan fingerprint density at radius 3 is 2.39 bits per heavy atom. The van der Waals surface area contributed by atoms with Gasteiger partial charge in [-0.05, 0) is 18.2 Å². The molecule has 0 atom stereocenters. The fourth-order valence-electron chi connectivity index (χ4n) is 1.65. The number of benzene rings is 1. The van der Waals surface area contributed by atoms with E-state index in [1.165, 1.54) is 23.4 Å². The van der Waals surface area contributed by atoms with Crippen LogP contribution in [0.2, 0.25) is 0 Å². The van der Waals surface area contributed by atoms with E-state index in [1.54, 1.807) is 26.0 Å². The molecule has 0 unspecified atom stereocenters. The lowest BCUT2D eigenvalue weighted by Crippen LogP contribution is -2.30. The van der Waals surface area contributed by atoms with Crippen molar-refractivity contribution in [3.05, 3.63) is 24.3 Å². The highest BCUT2D eigenvalue weighted by molar-refractivity contribution is 7.89. The van der Waals surface area contributed by atoms with Gasteiger partial charge in [0.25, 0.3) is 0 Å². The molecule has 1 aromatic carbocycles. The highest BCUT2D eigenvalue weighted by Crippen LogP contribution is 2.19. The Labute approximate surface area is 108 Å². The third kappa shape index (κ3) is 3.30. The second-order valence-electron chi connectivity index (χ2n) is 3.80. The molecule has 0 heterocycles. The van der Waals surface area contributed by atoms with E-state index in [9.17, 15) is 13.2 Å². The Morgan fingerprint density at radius 1 is 1.28 bits per heavy atom. The van der Waals surface area contributed by atoms with Crippen LogP contribution in [0.4, 0.5) is 5.69 Å². The van der Waals surface area contributed by atoms with Gasteiger partial charge in [-0.15, -0.1) is 0 Å². The molecule has 0 aliphatic heterocycles. The Bertz CT molecular complexity index is 522. The zero-order valence-electron chi connectivity index (χ0n) is 10.8. The number of sulfonamides is 1. The van der Waals surface area contributed by atoms with Crippen molar-refractivity contribution in [3.8, 4) is 0 Å². The van der Waals surface area contributed by atoms with Crippen LogP contribution in [0.25, 0.3) is 0 Å². The average Bonchev–Trinajstić information content (AvgIpc) is 2.29. The quantitative estimate of drug-likeness (QED) is 0.885. The van der Waals surface area contributed by atoms with Gasteiger partial charge >= 0.3 is 0 Å². The molecule has 5 nitrogen and oxygen atoms in total. The number of carbonyl (C=O) groups is 1. The second kappa shape index (κ2) is 5.97. The first-order valence-electron chi connectivity index (χ1n) is 5.79. The van der Waals surface area contributed by atoms with E-state index in [2.05, 4.69) is 5.32 Å². The fourth-order valence-corrected chi connectivity index (χ4v) is 3.15. The summed E-state index contributed by atoms with van der Waals surface area (Å²) in [5.74, 6) is -0.229. The lowest BCUT2D eigenvalue weighted by atomic mass is 10.3. The van der Waals surface area contributed by atoms with Gasteiger partial charge in [0.05, 0.1) is 4.90 Å². The molecule has 0 spiro atoms. The van der Waals surface area contributed by atoms with E-state index >= 15 is 0 Å². The lowest BCUT2D eigenvalue weighted by Gasteiger charge is -2.18. The number of nitrogens with one attached hydrogen (secondary N) is 1. The topological polar surface area (TPSA) is 66.5 Å². The molecule has 0 aliphatic carbocycles. The minimum absolute atomic E-state index is 0.192. The molecule has 100 valence electrons. The summed E-state index contributed by atoms with van der Waals surface area (Å²) in [7, 11) is -3.48. The van der Waals surface area contributed by atoms with Gasteiger partial charge in [-0.1, -0.05) is 19.9 Å². The maximum atomic E-state index is 12.2. The van der Waals surface area contributed by atoms with Crippen molar-refractivity contribution in [2.24, 2.45) is 0 Å². The van der Waals surface area contributed by atoms with E-state index in [1.807, 2.05) is 0 Å². The van der Waals surface area contributed by atoms with Crippen molar-refractivity contribution in [2.45, 2.75) is 25.7 Å². The molecule has 0 saturated heterocycles. The maximum absolute atomic E-state index is 12.2. The largest absolute Gasteiger partial charge is 0.326 e. The van der Waals surface area contributed by atoms with Crippen LogP contribution in [0.3, 0.4) is 0 Å². The van der Waals surface area contributed by atoms with Crippen LogP contribution in [0.1, 0.15) is 20.8 Å². The Kier molecular flexibility index (Phi) is 4.86. The number of rotatable bonds is 5. The molecule has 0 radical (unpaired) electrons. The van der Waals surface area contributed by atoms with E-state index in [0.29, 0.717) is 18.8 Å². The number of hydrogen-bond acceptors (Lipinski definition) is 3. The van der Waals surface area contributed by atoms with Gasteiger partial charge in [-0.2, -0.15) is 4.31 Å². The summed E-state index contributed by atoms with van der Waals surface area (Å²) in [5.41, 5.74) is 0.482. The second-order valence-corrected chi connectivity index (χ2v) is 5.74. The molecule has 0 aromatic heterocycles. The summed E-state index contributed by atoms with van der Waals surface area (Å²) in [4.78, 5) is 11.1. The van der Waals surface area contributed by atoms with Crippen LogP contribution in [-0.4, -0.2) is 31.7 Å². The van der Waals surface area contributed by atoms with Gasteiger partial charge in [0, 0.05) is 25.7 Å². The SMILES string of the molecule is CCN(CC)S(=O)(=O)c1cccc(NC(C)=O)c1. The van der Waals surface area contributed by atoms with Crippen molar-refractivity contribution >= 4 is 21.6 Å². The van der Waals surface area contributed by atoms with Gasteiger partial charge in [0.15, 0.2) is 0 Å². The number of carbonyl (C=O) groups excluding carboxylic acids is 1. The normalized spacial score (nSPS) is 11.6. The molecule has 1 rings (SSSR count). The smallest absolute Gasteiger partial charge is 0.243 e. The summed E-state index contributed by atoms with van der Waals surface area (Å²) >= 11 is 0. The first-order chi connectivity index (χ1) is 8.41. The standard InChI is InChI=1S/C12H18N2O3S/c1-4-14(5-2)18(16,17)12-8-6-7-11(9-12)13-10(3)15/h6-9H,4-5H2,1-3H3,(H,13,15). The minimum atomic E-state index is -3.48. The van der Waals surface area contributed by atoms with Crippen LogP contribution in [-0.2, 0) is 14.8 Å². The first kappa shape index (κ1) is 14.7. The molecule has 6 heteroatoms. The Hall–Kier alpha value is -1.40. The minimum Gasteiger partial charge on any atom is -0.326 e. The third-order valence-electron chi connectivity index (χ3n) is 2.50. The molecule has 1 N–H and O–H groups in total. The van der Waals surface area contributed by atoms with Crippen LogP contribution >= 0.6 is 0 Å². The Morgan fingerprint density at radius 2 is 1.89 bits per heavy atom. The summed E-state index contributed by atoms with van der Waals surface area (Å²) in [6, 6.07) is 6.26. The summed E-state index contributed by atoms with van der Waals surface area (Å²) < 4.78 is 25.9. The molecule has 0 fully saturated rings. The van der Waals surface area contributed by atoms with Crippen molar-refractivity contribution < 1.29 is 13.2 Å². The zero-order valence-corrected chi connectivity index (χ0v) is 11.6. The number of anilines is 1. The van der Waals surface area contributed by atoms with Crippen LogP contribution < -0.4 is 5.32 Å². The number of nitrogens with zero attached hydrogens (tertiary/aromatic N) is 1. The van der Waals surface area contributed by atoms with Crippen molar-refractivity contribution in [1.82, 2.24) is 4.31 Å². The monoisotopic (exact) mass is 270 g/mol. The summed E-state index contributed by atoms with van der Waals surface area (Å²) in [6.07, 6.45) is 0. The molecule has 0 saturated carbocycles. The molecule has 0 bridgehead atoms. The maximum Gasteiger partial charge on any atom is 0.243 e. The van der Waals surface area contributed by atoms with Crippen LogP contribution in [0, 0.1) is 0 Å². The highest BCUT2D eigenvalue weighted by Gasteiger charge is 2.21. The molecule has 0 aliphatic rings. The van der Waals surface area contributed by atoms with E-state index in [4.69, 9.17) is 0 Å². The fraction of sp³-hybridized carbons (Fsp3) is 0.417. The molecular formula is C12H18N2O3S. The summed E-state index contributed by atoms with van der Waals surface area (Å²) in [6.45, 7) is 5.80.